The molecule has 1 amide bonds. The number of sulfonamides is 1. The summed E-state index contributed by atoms with van der Waals surface area (Å²) in [6.45, 7) is 2.91. The lowest BCUT2D eigenvalue weighted by Gasteiger charge is -2.25. The monoisotopic (exact) mass is 474 g/mol. The quantitative estimate of drug-likeness (QED) is 0.278. The molecule has 0 saturated heterocycles. The van der Waals surface area contributed by atoms with Gasteiger partial charge in [-0.15, -0.1) is 0 Å². The maximum absolute atomic E-state index is 12.9. The third kappa shape index (κ3) is 5.48. The summed E-state index contributed by atoms with van der Waals surface area (Å²) in [7, 11) is -4.11. The highest BCUT2D eigenvalue weighted by atomic mass is 32.2. The Hall–Kier alpha value is -1.89. The maximum Gasteiger partial charge on any atom is 0.296 e. The van der Waals surface area contributed by atoms with Crippen molar-refractivity contribution < 1.29 is 23.2 Å². The van der Waals surface area contributed by atoms with Gasteiger partial charge < -0.3 is 16.2 Å². The molecule has 1 aromatic carbocycles. The number of carbonyl (C=O) groups is 1. The Morgan fingerprint density at radius 2 is 2.00 bits per heavy atom. The molecule has 1 saturated carbocycles. The molecule has 2 atom stereocenters. The molecule has 0 bridgehead atoms. The van der Waals surface area contributed by atoms with Gasteiger partial charge in [0, 0.05) is 23.4 Å². The van der Waals surface area contributed by atoms with Gasteiger partial charge in [-0.25, -0.2) is 13.1 Å². The fourth-order valence-corrected chi connectivity index (χ4v) is 5.97. The van der Waals surface area contributed by atoms with Crippen LogP contribution in [0.4, 0.5) is 11.4 Å². The van der Waals surface area contributed by atoms with Gasteiger partial charge in [0.2, 0.25) is 15.9 Å². The first-order chi connectivity index (χ1) is 14.5. The molecule has 1 fully saturated rings. The third-order valence-corrected chi connectivity index (χ3v) is 8.67. The van der Waals surface area contributed by atoms with E-state index in [1.54, 1.807) is 6.92 Å². The Bertz CT molecular complexity index is 928. The zero-order chi connectivity index (χ0) is 23.4. The number of nitro groups is 1. The molecule has 0 heterocycles. The number of aliphatic hydroxyl groups excluding tert-OH is 1. The van der Waals surface area contributed by atoms with Crippen LogP contribution in [0.25, 0.3) is 0 Å². The Kier molecular flexibility index (Phi) is 8.31. The highest BCUT2D eigenvalue weighted by molar-refractivity contribution is 7.99. The molecule has 0 spiro atoms. The van der Waals surface area contributed by atoms with Gasteiger partial charge in [-0.1, -0.05) is 12.8 Å². The number of benzene rings is 1. The van der Waals surface area contributed by atoms with Crippen molar-refractivity contribution in [3.63, 3.8) is 0 Å². The number of nitrogens with two attached hydrogens (primary N) is 1. The molecular formula is C19H30N4O6S2. The van der Waals surface area contributed by atoms with E-state index in [9.17, 15) is 28.4 Å². The van der Waals surface area contributed by atoms with E-state index in [1.807, 2.05) is 6.26 Å². The molecule has 1 aliphatic carbocycles. The van der Waals surface area contributed by atoms with E-state index in [2.05, 4.69) is 10.0 Å². The second-order valence-corrected chi connectivity index (χ2v) is 10.7. The van der Waals surface area contributed by atoms with Crippen molar-refractivity contribution in [2.24, 2.45) is 11.1 Å². The zero-order valence-electron chi connectivity index (χ0n) is 17.9. The van der Waals surface area contributed by atoms with Crippen LogP contribution in [-0.4, -0.2) is 55.1 Å². The van der Waals surface area contributed by atoms with E-state index < -0.39 is 26.3 Å². The molecule has 1 aliphatic rings. The number of thioether (sulfide) groups is 1. The second-order valence-electron chi connectivity index (χ2n) is 7.91. The number of carbonyl (C=O) groups excluding carboxylic acids is 1. The smallest absolute Gasteiger partial charge is 0.296 e. The summed E-state index contributed by atoms with van der Waals surface area (Å²) in [6, 6.07) is 2.36. The van der Waals surface area contributed by atoms with Crippen LogP contribution in [0.2, 0.25) is 0 Å². The summed E-state index contributed by atoms with van der Waals surface area (Å²) in [4.78, 5) is 22.8. The molecule has 31 heavy (non-hydrogen) atoms. The van der Waals surface area contributed by atoms with Crippen LogP contribution >= 0.6 is 11.8 Å². The number of anilines is 1. The van der Waals surface area contributed by atoms with Crippen molar-refractivity contribution >= 4 is 39.1 Å². The number of nitrogens with zero attached hydrogens (tertiary/aromatic N) is 1. The number of hydrogen-bond donors (Lipinski definition) is 4. The molecule has 0 radical (unpaired) electrons. The first kappa shape index (κ1) is 25.4. The van der Waals surface area contributed by atoms with Crippen molar-refractivity contribution in [3.05, 3.63) is 27.8 Å². The van der Waals surface area contributed by atoms with Gasteiger partial charge in [0.05, 0.1) is 21.8 Å². The van der Waals surface area contributed by atoms with Gasteiger partial charge in [0.1, 0.15) is 5.69 Å². The molecule has 2 rings (SSSR count). The van der Waals surface area contributed by atoms with Gasteiger partial charge >= 0.3 is 0 Å². The molecule has 10 nitrogen and oxygen atoms in total. The summed E-state index contributed by atoms with van der Waals surface area (Å²) in [6.07, 6.45) is 4.42. The minimum absolute atomic E-state index is 0.0149. The number of aliphatic hydroxyl groups is 1. The molecule has 12 heteroatoms. The third-order valence-electron chi connectivity index (χ3n) is 5.96. The molecule has 174 valence electrons. The van der Waals surface area contributed by atoms with Gasteiger partial charge in [-0.3, -0.25) is 14.9 Å². The number of primary amides is 1. The summed E-state index contributed by atoms with van der Waals surface area (Å²) < 4.78 is 28.3. The lowest BCUT2D eigenvalue weighted by molar-refractivity contribution is -0.384. The van der Waals surface area contributed by atoms with Crippen LogP contribution in [0.5, 0.6) is 0 Å². The van der Waals surface area contributed by atoms with Crippen LogP contribution in [0.3, 0.4) is 0 Å². The number of hydrogen-bond acceptors (Lipinski definition) is 8. The van der Waals surface area contributed by atoms with Crippen molar-refractivity contribution in [3.8, 4) is 0 Å². The Morgan fingerprint density at radius 3 is 2.48 bits per heavy atom. The van der Waals surface area contributed by atoms with E-state index in [1.165, 1.54) is 30.8 Å². The van der Waals surface area contributed by atoms with Gasteiger partial charge in [-0.05, 0) is 45.1 Å². The first-order valence-corrected chi connectivity index (χ1v) is 12.7. The number of rotatable bonds is 11. The SMILES string of the molecule is CSC(CO)C(C)Nc1ccc(S(=O)(=O)NCC2(C(N)=O)CCCC2)c(C)c1[N+](=O)[O-]. The Balaban J connectivity index is 2.35. The molecule has 2 unspecified atom stereocenters. The summed E-state index contributed by atoms with van der Waals surface area (Å²) in [5, 5.41) is 24.0. The minimum atomic E-state index is -4.11. The van der Waals surface area contributed by atoms with E-state index in [4.69, 9.17) is 5.73 Å². The Morgan fingerprint density at radius 1 is 1.39 bits per heavy atom. The highest BCUT2D eigenvalue weighted by Crippen LogP contribution is 2.38. The number of nitrogens with one attached hydrogen (secondary N) is 2. The molecular weight excluding hydrogens is 444 g/mol. The van der Waals surface area contributed by atoms with E-state index in [0.29, 0.717) is 12.8 Å². The van der Waals surface area contributed by atoms with Gasteiger partial charge in [-0.2, -0.15) is 11.8 Å². The van der Waals surface area contributed by atoms with Crippen molar-refractivity contribution in [2.45, 2.75) is 55.7 Å². The summed E-state index contributed by atoms with van der Waals surface area (Å²) in [5.41, 5.74) is 4.40. The normalized spacial score (nSPS) is 17.8. The Labute approximate surface area is 186 Å². The molecule has 0 aliphatic heterocycles. The topological polar surface area (TPSA) is 165 Å². The first-order valence-electron chi connectivity index (χ1n) is 9.97. The number of amides is 1. The van der Waals surface area contributed by atoms with Crippen molar-refractivity contribution in [1.29, 1.82) is 0 Å². The van der Waals surface area contributed by atoms with Crippen LogP contribution in [0.15, 0.2) is 17.0 Å². The van der Waals surface area contributed by atoms with E-state index in [-0.39, 0.29) is 46.3 Å². The van der Waals surface area contributed by atoms with Crippen LogP contribution < -0.4 is 15.8 Å². The van der Waals surface area contributed by atoms with E-state index in [0.717, 1.165) is 12.8 Å². The summed E-state index contributed by atoms with van der Waals surface area (Å²) >= 11 is 1.42. The van der Waals surface area contributed by atoms with Crippen molar-refractivity contribution in [2.75, 3.05) is 24.7 Å². The predicted octanol–water partition coefficient (Wildman–Crippen LogP) is 1.75. The fraction of sp³-hybridized carbons (Fsp3) is 0.632. The average Bonchev–Trinajstić information content (AvgIpc) is 3.17. The lowest BCUT2D eigenvalue weighted by Crippen LogP contribution is -2.44. The standard InChI is InChI=1S/C19H30N4O6S2/c1-12-16(31(28,29)21-11-19(18(20)25)8-4-5-9-19)7-6-14(17(12)23(26)27)22-13(2)15(10-24)30-3/h6-7,13,15,21-22,24H,4-5,8-11H2,1-3H3,(H2,20,25). The van der Waals surface area contributed by atoms with Crippen molar-refractivity contribution in [1.82, 2.24) is 4.72 Å². The van der Waals surface area contributed by atoms with Crippen LogP contribution in [0, 0.1) is 22.5 Å². The fourth-order valence-electron chi connectivity index (χ4n) is 3.97. The van der Waals surface area contributed by atoms with Gasteiger partial charge in [0.25, 0.3) is 5.69 Å². The number of nitro benzene ring substituents is 1. The highest BCUT2D eigenvalue weighted by Gasteiger charge is 2.41. The van der Waals surface area contributed by atoms with Crippen LogP contribution in [0.1, 0.15) is 38.2 Å². The van der Waals surface area contributed by atoms with Crippen LogP contribution in [-0.2, 0) is 14.8 Å². The molecule has 0 aromatic heterocycles. The molecule has 5 N–H and O–H groups in total. The van der Waals surface area contributed by atoms with E-state index >= 15 is 0 Å². The zero-order valence-corrected chi connectivity index (χ0v) is 19.5. The van der Waals surface area contributed by atoms with Gasteiger partial charge in [0.15, 0.2) is 0 Å². The predicted molar refractivity (Wildman–Crippen MR) is 121 cm³/mol. The minimum Gasteiger partial charge on any atom is -0.395 e. The average molecular weight is 475 g/mol. The largest absolute Gasteiger partial charge is 0.395 e. The second kappa shape index (κ2) is 10.2. The molecule has 1 aromatic rings. The summed E-state index contributed by atoms with van der Waals surface area (Å²) in [5.74, 6) is -0.545. The maximum atomic E-state index is 12.9. The lowest BCUT2D eigenvalue weighted by atomic mass is 9.86.